The number of hydrogen-bond donors (Lipinski definition) is 2. The molecule has 2 N–H and O–H groups in total. The van der Waals surface area contributed by atoms with Crippen LogP contribution in [0.15, 0.2) is 36.4 Å². The molecule has 32 heavy (non-hydrogen) atoms. The molecule has 2 rings (SSSR count). The molecule has 0 aliphatic rings. The average molecular weight is 457 g/mol. The molecule has 1 unspecified atom stereocenters. The van der Waals surface area contributed by atoms with Gasteiger partial charge >= 0.3 is 6.11 Å². The van der Waals surface area contributed by atoms with E-state index in [1.807, 2.05) is 6.92 Å². The summed E-state index contributed by atoms with van der Waals surface area (Å²) < 4.78 is 62.6. The molecule has 1 atom stereocenters. The highest BCUT2D eigenvalue weighted by molar-refractivity contribution is 5.32. The zero-order chi connectivity index (χ0) is 23.6. The summed E-state index contributed by atoms with van der Waals surface area (Å²) in [5.74, 6) is -3.13. The van der Waals surface area contributed by atoms with Gasteiger partial charge in [-0.1, -0.05) is 51.2 Å². The Kier molecular flexibility index (Phi) is 10.5. The molecule has 0 spiro atoms. The van der Waals surface area contributed by atoms with Gasteiger partial charge in [-0.05, 0) is 61.1 Å². The van der Waals surface area contributed by atoms with Crippen molar-refractivity contribution < 1.29 is 32.5 Å². The third kappa shape index (κ3) is 7.78. The van der Waals surface area contributed by atoms with Crippen LogP contribution in [-0.2, 0) is 12.5 Å². The predicted molar refractivity (Wildman–Crippen MR) is 116 cm³/mol. The van der Waals surface area contributed by atoms with E-state index in [0.29, 0.717) is 12.8 Å². The maximum Gasteiger partial charge on any atom is 0.432 e. The highest BCUT2D eigenvalue weighted by Crippen LogP contribution is 2.36. The minimum Gasteiger partial charge on any atom is -0.429 e. The number of aryl methyl sites for hydroxylation is 1. The van der Waals surface area contributed by atoms with Crippen LogP contribution in [-0.4, -0.2) is 16.8 Å². The Bertz CT molecular complexity index is 801. The van der Waals surface area contributed by atoms with Gasteiger partial charge in [0.2, 0.25) is 0 Å². The molecule has 178 valence electrons. The van der Waals surface area contributed by atoms with Gasteiger partial charge in [-0.3, -0.25) is 0 Å². The minimum atomic E-state index is -4.22. The Morgan fingerprint density at radius 1 is 0.906 bits per heavy atom. The Morgan fingerprint density at radius 3 is 2.12 bits per heavy atom. The fraction of sp³-hybridized carbons (Fsp3) is 0.520. The molecule has 3 nitrogen and oxygen atoms in total. The molecule has 0 aliphatic heterocycles. The van der Waals surface area contributed by atoms with Crippen molar-refractivity contribution in [2.75, 3.05) is 6.61 Å². The second-order valence-corrected chi connectivity index (χ2v) is 8.02. The van der Waals surface area contributed by atoms with E-state index in [0.717, 1.165) is 62.6 Å². The molecule has 0 fully saturated rings. The summed E-state index contributed by atoms with van der Waals surface area (Å²) in [7, 11) is 0. The van der Waals surface area contributed by atoms with Crippen LogP contribution < -0.4 is 4.74 Å². The number of ether oxygens (including phenoxy) is 1. The van der Waals surface area contributed by atoms with E-state index in [-0.39, 0.29) is 17.9 Å². The smallest absolute Gasteiger partial charge is 0.429 e. The van der Waals surface area contributed by atoms with Gasteiger partial charge in [-0.25, -0.2) is 8.78 Å². The Hall–Kier alpha value is -2.12. The molecule has 0 heterocycles. The quantitative estimate of drug-likeness (QED) is 0.243. The lowest BCUT2D eigenvalue weighted by molar-refractivity contribution is -0.189. The third-order valence-corrected chi connectivity index (χ3v) is 5.36. The number of alkyl halides is 2. The van der Waals surface area contributed by atoms with Crippen LogP contribution in [0.4, 0.5) is 17.6 Å². The van der Waals surface area contributed by atoms with Crippen molar-refractivity contribution in [2.24, 2.45) is 0 Å². The minimum absolute atomic E-state index is 0.0704. The SMILES string of the molecule is CCCCCC(O)c1cc(F)c(C(F)(F)Oc2ccc(CCCCCCO)cc2)c(F)c1. The Morgan fingerprint density at radius 2 is 1.53 bits per heavy atom. The van der Waals surface area contributed by atoms with Crippen molar-refractivity contribution in [2.45, 2.75) is 76.9 Å². The van der Waals surface area contributed by atoms with Crippen molar-refractivity contribution in [3.63, 3.8) is 0 Å². The zero-order valence-corrected chi connectivity index (χ0v) is 18.4. The summed E-state index contributed by atoms with van der Waals surface area (Å²) in [5.41, 5.74) is -0.614. The van der Waals surface area contributed by atoms with Gasteiger partial charge in [0.25, 0.3) is 0 Å². The van der Waals surface area contributed by atoms with Crippen LogP contribution in [0.1, 0.15) is 81.1 Å². The van der Waals surface area contributed by atoms with Crippen molar-refractivity contribution >= 4 is 0 Å². The van der Waals surface area contributed by atoms with Gasteiger partial charge < -0.3 is 14.9 Å². The summed E-state index contributed by atoms with van der Waals surface area (Å²) in [6.45, 7) is 2.15. The van der Waals surface area contributed by atoms with Gasteiger partial charge in [-0.2, -0.15) is 8.78 Å². The molecule has 0 bridgehead atoms. The summed E-state index contributed by atoms with van der Waals surface area (Å²) >= 11 is 0. The molecule has 0 saturated heterocycles. The fourth-order valence-electron chi connectivity index (χ4n) is 3.54. The number of rotatable bonds is 14. The summed E-state index contributed by atoms with van der Waals surface area (Å²) in [6, 6.07) is 7.45. The molecular weight excluding hydrogens is 424 g/mol. The van der Waals surface area contributed by atoms with Crippen molar-refractivity contribution in [1.29, 1.82) is 0 Å². The lowest BCUT2D eigenvalue weighted by Gasteiger charge is -2.21. The first-order valence-corrected chi connectivity index (χ1v) is 11.2. The molecule has 0 amide bonds. The van der Waals surface area contributed by atoms with E-state index in [2.05, 4.69) is 4.74 Å². The van der Waals surface area contributed by atoms with Crippen LogP contribution in [0.3, 0.4) is 0 Å². The molecule has 2 aromatic carbocycles. The van der Waals surface area contributed by atoms with Crippen molar-refractivity contribution in [3.8, 4) is 5.75 Å². The van der Waals surface area contributed by atoms with E-state index in [1.165, 1.54) is 12.1 Å². The van der Waals surface area contributed by atoms with Gasteiger partial charge in [0.05, 0.1) is 6.10 Å². The number of aliphatic hydroxyl groups excluding tert-OH is 2. The molecule has 7 heteroatoms. The zero-order valence-electron chi connectivity index (χ0n) is 18.4. The highest BCUT2D eigenvalue weighted by Gasteiger charge is 2.41. The second-order valence-electron chi connectivity index (χ2n) is 8.02. The molecule has 0 aliphatic carbocycles. The number of benzene rings is 2. The van der Waals surface area contributed by atoms with Crippen LogP contribution in [0.5, 0.6) is 5.75 Å². The Labute approximate surface area is 187 Å². The Balaban J connectivity index is 2.04. The van der Waals surface area contributed by atoms with E-state index >= 15 is 0 Å². The molecule has 0 saturated carbocycles. The van der Waals surface area contributed by atoms with Crippen molar-refractivity contribution in [3.05, 3.63) is 64.7 Å². The van der Waals surface area contributed by atoms with Crippen molar-refractivity contribution in [1.82, 2.24) is 0 Å². The third-order valence-electron chi connectivity index (χ3n) is 5.36. The van der Waals surface area contributed by atoms with E-state index in [4.69, 9.17) is 5.11 Å². The standard InChI is InChI=1S/C25H32F4O3/c1-2-3-6-10-23(31)19-16-21(26)24(22(27)17-19)25(28,29)32-20-13-11-18(12-14-20)9-7-4-5-8-15-30/h11-14,16-17,23,30-31H,2-10,15H2,1H3. The fourth-order valence-corrected chi connectivity index (χ4v) is 3.54. The van der Waals surface area contributed by atoms with E-state index < -0.39 is 29.4 Å². The maximum absolute atomic E-state index is 14.6. The number of unbranched alkanes of at least 4 members (excludes halogenated alkanes) is 5. The lowest BCUT2D eigenvalue weighted by Crippen LogP contribution is -2.25. The lowest BCUT2D eigenvalue weighted by atomic mass is 10.0. The first-order valence-electron chi connectivity index (χ1n) is 11.2. The number of halogens is 4. The monoisotopic (exact) mass is 456 g/mol. The molecule has 2 aromatic rings. The van der Waals surface area contributed by atoms with E-state index in [1.54, 1.807) is 12.1 Å². The topological polar surface area (TPSA) is 49.7 Å². The van der Waals surface area contributed by atoms with Crippen LogP contribution in [0.25, 0.3) is 0 Å². The number of hydrogen-bond acceptors (Lipinski definition) is 3. The normalized spacial score (nSPS) is 12.7. The van der Waals surface area contributed by atoms with Gasteiger partial charge in [0.15, 0.2) is 0 Å². The largest absolute Gasteiger partial charge is 0.432 e. The van der Waals surface area contributed by atoms with Gasteiger partial charge in [0, 0.05) is 6.61 Å². The summed E-state index contributed by atoms with van der Waals surface area (Å²) in [6.07, 6.45) is 1.71. The van der Waals surface area contributed by atoms with Crippen LogP contribution >= 0.6 is 0 Å². The van der Waals surface area contributed by atoms with Gasteiger partial charge in [-0.15, -0.1) is 0 Å². The predicted octanol–water partition coefficient (Wildman–Crippen LogP) is 6.80. The molecular formula is C25H32F4O3. The van der Waals surface area contributed by atoms with E-state index in [9.17, 15) is 22.7 Å². The first-order chi connectivity index (χ1) is 15.3. The van der Waals surface area contributed by atoms with Crippen LogP contribution in [0, 0.1) is 11.6 Å². The molecule has 0 radical (unpaired) electrons. The number of aliphatic hydroxyl groups is 2. The second kappa shape index (κ2) is 12.8. The van der Waals surface area contributed by atoms with Gasteiger partial charge in [0.1, 0.15) is 22.9 Å². The first kappa shape index (κ1) is 26.1. The molecule has 0 aromatic heterocycles. The highest BCUT2D eigenvalue weighted by atomic mass is 19.3. The summed E-state index contributed by atoms with van der Waals surface area (Å²) in [4.78, 5) is 0. The van der Waals surface area contributed by atoms with Crippen LogP contribution in [0.2, 0.25) is 0 Å². The average Bonchev–Trinajstić information content (AvgIpc) is 2.74. The summed E-state index contributed by atoms with van der Waals surface area (Å²) in [5, 5.41) is 18.9. The maximum atomic E-state index is 14.6.